The predicted octanol–water partition coefficient (Wildman–Crippen LogP) is 4.03. The van der Waals surface area contributed by atoms with Gasteiger partial charge in [0.05, 0.1) is 11.8 Å². The number of esters is 1. The van der Waals surface area contributed by atoms with Gasteiger partial charge in [-0.1, -0.05) is 39.5 Å². The minimum atomic E-state index is -0.884. The fraction of sp³-hybridized carbons (Fsp3) is 0.875. The van der Waals surface area contributed by atoms with Crippen LogP contribution < -0.4 is 0 Å². The summed E-state index contributed by atoms with van der Waals surface area (Å²) in [5.74, 6) is -2.41. The molecule has 0 saturated heterocycles. The van der Waals surface area contributed by atoms with Gasteiger partial charge in [-0.2, -0.15) is 0 Å². The second kappa shape index (κ2) is 8.98. The lowest BCUT2D eigenvalue weighted by molar-refractivity contribution is -0.167. The summed E-state index contributed by atoms with van der Waals surface area (Å²) in [5.41, 5.74) is -0.574. The van der Waals surface area contributed by atoms with Crippen LogP contribution in [0.4, 0.5) is 0 Å². The van der Waals surface area contributed by atoms with Gasteiger partial charge in [0.25, 0.3) is 0 Å². The van der Waals surface area contributed by atoms with Gasteiger partial charge in [0.2, 0.25) is 0 Å². The second-order valence-corrected chi connectivity index (χ2v) is 6.37. The summed E-state index contributed by atoms with van der Waals surface area (Å²) >= 11 is 0. The molecule has 0 aliphatic rings. The first-order valence-electron chi connectivity index (χ1n) is 7.68. The lowest BCUT2D eigenvalue weighted by atomic mass is 9.84. The monoisotopic (exact) mass is 286 g/mol. The Morgan fingerprint density at radius 2 is 1.45 bits per heavy atom. The number of rotatable bonds is 9. The molecule has 0 aliphatic carbocycles. The van der Waals surface area contributed by atoms with Crippen LogP contribution >= 0.6 is 0 Å². The van der Waals surface area contributed by atoms with Crippen LogP contribution in [0.1, 0.15) is 73.1 Å². The van der Waals surface area contributed by atoms with E-state index in [2.05, 4.69) is 0 Å². The highest BCUT2D eigenvalue weighted by Gasteiger charge is 2.35. The maximum absolute atomic E-state index is 12.3. The van der Waals surface area contributed by atoms with Crippen LogP contribution in [0.3, 0.4) is 0 Å². The van der Waals surface area contributed by atoms with Crippen LogP contribution in [0, 0.1) is 11.8 Å². The van der Waals surface area contributed by atoms with Crippen molar-refractivity contribution in [1.29, 1.82) is 0 Å². The summed E-state index contributed by atoms with van der Waals surface area (Å²) in [6, 6.07) is 0. The highest BCUT2D eigenvalue weighted by Crippen LogP contribution is 2.27. The van der Waals surface area contributed by atoms with E-state index >= 15 is 0 Å². The quantitative estimate of drug-likeness (QED) is 0.650. The molecule has 0 saturated carbocycles. The van der Waals surface area contributed by atoms with E-state index in [0.29, 0.717) is 12.8 Å². The van der Waals surface area contributed by atoms with Crippen molar-refractivity contribution in [3.05, 3.63) is 0 Å². The van der Waals surface area contributed by atoms with E-state index in [9.17, 15) is 14.7 Å². The summed E-state index contributed by atoms with van der Waals surface area (Å²) in [7, 11) is 0. The Labute approximate surface area is 122 Å². The average Bonchev–Trinajstić information content (AvgIpc) is 2.30. The molecule has 0 fully saturated rings. The summed E-state index contributed by atoms with van der Waals surface area (Å²) < 4.78 is 5.41. The number of hydrogen-bond acceptors (Lipinski definition) is 3. The molecule has 0 heterocycles. The molecule has 2 atom stereocenters. The van der Waals surface area contributed by atoms with Gasteiger partial charge in [-0.3, -0.25) is 9.59 Å². The summed E-state index contributed by atoms with van der Waals surface area (Å²) in [4.78, 5) is 23.8. The molecule has 118 valence electrons. The third kappa shape index (κ3) is 7.51. The second-order valence-electron chi connectivity index (χ2n) is 6.37. The Hall–Kier alpha value is -1.06. The maximum Gasteiger partial charge on any atom is 0.310 e. The van der Waals surface area contributed by atoms with Gasteiger partial charge in [-0.05, 0) is 33.6 Å². The Morgan fingerprint density at radius 1 is 1.00 bits per heavy atom. The molecule has 0 aliphatic heterocycles. The van der Waals surface area contributed by atoms with E-state index in [1.807, 2.05) is 34.6 Å². The van der Waals surface area contributed by atoms with Crippen molar-refractivity contribution in [2.24, 2.45) is 11.8 Å². The first-order chi connectivity index (χ1) is 9.22. The molecule has 4 heteroatoms. The standard InChI is InChI=1S/C16H30O4/c1-6-8-10-12(14(17)18)13(11-9-7-2)15(19)20-16(3,4)5/h12-13H,6-11H2,1-5H3,(H,17,18)/t12-,13+/m0/s1. The molecule has 20 heavy (non-hydrogen) atoms. The number of carbonyl (C=O) groups excluding carboxylic acids is 1. The lowest BCUT2D eigenvalue weighted by Gasteiger charge is -2.27. The zero-order chi connectivity index (χ0) is 15.8. The number of carbonyl (C=O) groups is 2. The van der Waals surface area contributed by atoms with Crippen LogP contribution in [-0.4, -0.2) is 22.6 Å². The number of unbranched alkanes of at least 4 members (excludes halogenated alkanes) is 2. The van der Waals surface area contributed by atoms with E-state index in [4.69, 9.17) is 4.74 Å². The van der Waals surface area contributed by atoms with Gasteiger partial charge < -0.3 is 9.84 Å². The smallest absolute Gasteiger partial charge is 0.310 e. The van der Waals surface area contributed by atoms with Gasteiger partial charge in [0.15, 0.2) is 0 Å². The molecule has 0 bridgehead atoms. The molecular weight excluding hydrogens is 256 g/mol. The highest BCUT2D eigenvalue weighted by atomic mass is 16.6. The molecule has 1 N–H and O–H groups in total. The van der Waals surface area contributed by atoms with Crippen molar-refractivity contribution in [3.63, 3.8) is 0 Å². The number of aliphatic carboxylic acids is 1. The molecule has 0 spiro atoms. The number of hydrogen-bond donors (Lipinski definition) is 1. The Bertz CT molecular complexity index is 304. The molecule has 0 aromatic carbocycles. The van der Waals surface area contributed by atoms with Crippen molar-refractivity contribution in [2.45, 2.75) is 78.7 Å². The van der Waals surface area contributed by atoms with Crippen LogP contribution in [0.2, 0.25) is 0 Å². The predicted molar refractivity (Wildman–Crippen MR) is 79.5 cm³/mol. The van der Waals surface area contributed by atoms with E-state index in [1.165, 1.54) is 0 Å². The molecule has 0 radical (unpaired) electrons. The first kappa shape index (κ1) is 18.9. The fourth-order valence-corrected chi connectivity index (χ4v) is 2.21. The SMILES string of the molecule is CCCC[C@H](C(=O)O)[C@@H](CCCC)C(=O)OC(C)(C)C. The normalized spacial score (nSPS) is 14.7. The lowest BCUT2D eigenvalue weighted by Crippen LogP contribution is -2.35. The van der Waals surface area contributed by atoms with Crippen LogP contribution in [0.15, 0.2) is 0 Å². The number of carboxylic acids is 1. The Kier molecular flexibility index (Phi) is 8.51. The fourth-order valence-electron chi connectivity index (χ4n) is 2.21. The van der Waals surface area contributed by atoms with Gasteiger partial charge in [-0.15, -0.1) is 0 Å². The van der Waals surface area contributed by atoms with E-state index in [-0.39, 0.29) is 5.97 Å². The molecule has 0 aromatic rings. The minimum absolute atomic E-state index is 0.366. The first-order valence-corrected chi connectivity index (χ1v) is 7.68. The zero-order valence-corrected chi connectivity index (χ0v) is 13.6. The molecule has 0 amide bonds. The van der Waals surface area contributed by atoms with Crippen LogP contribution in [-0.2, 0) is 14.3 Å². The Balaban J connectivity index is 4.97. The third-order valence-electron chi connectivity index (χ3n) is 3.25. The van der Waals surface area contributed by atoms with E-state index in [1.54, 1.807) is 0 Å². The van der Waals surface area contributed by atoms with Gasteiger partial charge >= 0.3 is 11.9 Å². The van der Waals surface area contributed by atoms with Crippen molar-refractivity contribution >= 4 is 11.9 Å². The van der Waals surface area contributed by atoms with E-state index in [0.717, 1.165) is 25.7 Å². The largest absolute Gasteiger partial charge is 0.481 e. The molecular formula is C16H30O4. The molecule has 0 rings (SSSR count). The van der Waals surface area contributed by atoms with Crippen molar-refractivity contribution in [3.8, 4) is 0 Å². The Morgan fingerprint density at radius 3 is 1.80 bits per heavy atom. The van der Waals surface area contributed by atoms with Crippen LogP contribution in [0.5, 0.6) is 0 Å². The summed E-state index contributed by atoms with van der Waals surface area (Å²) in [6.07, 6.45) is 4.67. The van der Waals surface area contributed by atoms with Gasteiger partial charge in [-0.25, -0.2) is 0 Å². The molecule has 0 unspecified atom stereocenters. The maximum atomic E-state index is 12.3. The minimum Gasteiger partial charge on any atom is -0.481 e. The van der Waals surface area contributed by atoms with Crippen molar-refractivity contribution in [2.75, 3.05) is 0 Å². The molecule has 0 aromatic heterocycles. The summed E-state index contributed by atoms with van der Waals surface area (Å²) in [6.45, 7) is 9.48. The third-order valence-corrected chi connectivity index (χ3v) is 3.25. The zero-order valence-electron chi connectivity index (χ0n) is 13.6. The average molecular weight is 286 g/mol. The van der Waals surface area contributed by atoms with Crippen LogP contribution in [0.25, 0.3) is 0 Å². The van der Waals surface area contributed by atoms with Crippen molar-refractivity contribution in [1.82, 2.24) is 0 Å². The number of carboxylic acid groups (broad SMARTS) is 1. The molecule has 4 nitrogen and oxygen atoms in total. The highest BCUT2D eigenvalue weighted by molar-refractivity contribution is 5.81. The van der Waals surface area contributed by atoms with Gasteiger partial charge in [0, 0.05) is 0 Å². The number of ether oxygens (including phenoxy) is 1. The van der Waals surface area contributed by atoms with E-state index < -0.39 is 23.4 Å². The summed E-state index contributed by atoms with van der Waals surface area (Å²) in [5, 5.41) is 9.41. The van der Waals surface area contributed by atoms with Crippen molar-refractivity contribution < 1.29 is 19.4 Å². The van der Waals surface area contributed by atoms with Gasteiger partial charge in [0.1, 0.15) is 5.60 Å². The topological polar surface area (TPSA) is 63.6 Å².